The molecule has 110 valence electrons. The fourth-order valence-electron chi connectivity index (χ4n) is 2.39. The van der Waals surface area contributed by atoms with E-state index in [1.165, 1.54) is 0 Å². The SMILES string of the molecule is COc1ccccc1N=C1NC(=O)[C@@]2(C[C@H](C)OC2=O)S1. The van der Waals surface area contributed by atoms with Crippen LogP contribution in [0.3, 0.4) is 0 Å². The Balaban J connectivity index is 1.91. The number of cyclic esters (lactones) is 1. The van der Waals surface area contributed by atoms with Gasteiger partial charge in [-0.15, -0.1) is 0 Å². The summed E-state index contributed by atoms with van der Waals surface area (Å²) in [7, 11) is 1.55. The molecule has 2 aliphatic heterocycles. The number of esters is 1. The zero-order valence-electron chi connectivity index (χ0n) is 11.6. The fourth-order valence-corrected chi connectivity index (χ4v) is 3.60. The quantitative estimate of drug-likeness (QED) is 0.663. The van der Waals surface area contributed by atoms with E-state index in [1.54, 1.807) is 26.2 Å². The van der Waals surface area contributed by atoms with E-state index in [9.17, 15) is 9.59 Å². The maximum absolute atomic E-state index is 12.2. The summed E-state index contributed by atoms with van der Waals surface area (Å²) in [6.07, 6.45) is 0.0918. The van der Waals surface area contributed by atoms with Crippen molar-refractivity contribution in [2.24, 2.45) is 4.99 Å². The Kier molecular flexibility index (Phi) is 3.36. The summed E-state index contributed by atoms with van der Waals surface area (Å²) in [5.41, 5.74) is 0.597. The average molecular weight is 306 g/mol. The first-order valence-electron chi connectivity index (χ1n) is 6.48. The Morgan fingerprint density at radius 2 is 2.19 bits per heavy atom. The molecule has 7 heteroatoms. The Bertz CT molecular complexity index is 646. The van der Waals surface area contributed by atoms with Crippen molar-refractivity contribution >= 4 is 34.5 Å². The van der Waals surface area contributed by atoms with Crippen molar-refractivity contribution in [1.29, 1.82) is 0 Å². The molecule has 2 atom stereocenters. The van der Waals surface area contributed by atoms with Gasteiger partial charge in [0.2, 0.25) is 4.75 Å². The molecule has 0 aromatic heterocycles. The molecule has 1 aromatic rings. The largest absolute Gasteiger partial charge is 0.494 e. The number of hydrogen-bond acceptors (Lipinski definition) is 6. The van der Waals surface area contributed by atoms with Gasteiger partial charge in [-0.25, -0.2) is 9.79 Å². The molecule has 2 fully saturated rings. The van der Waals surface area contributed by atoms with Gasteiger partial charge in [-0.3, -0.25) is 4.79 Å². The lowest BCUT2D eigenvalue weighted by atomic mass is 10.0. The highest BCUT2D eigenvalue weighted by atomic mass is 32.2. The Morgan fingerprint density at radius 3 is 2.86 bits per heavy atom. The number of aliphatic imine (C=N–C) groups is 1. The minimum atomic E-state index is -1.19. The Labute approximate surface area is 125 Å². The molecule has 0 unspecified atom stereocenters. The number of carbonyl (C=O) groups is 2. The lowest BCUT2D eigenvalue weighted by Gasteiger charge is -2.10. The fraction of sp³-hybridized carbons (Fsp3) is 0.357. The van der Waals surface area contributed by atoms with Crippen LogP contribution in [0.25, 0.3) is 0 Å². The maximum Gasteiger partial charge on any atom is 0.332 e. The lowest BCUT2D eigenvalue weighted by Crippen LogP contribution is -2.40. The van der Waals surface area contributed by atoms with Gasteiger partial charge >= 0.3 is 5.97 Å². The molecule has 1 amide bonds. The van der Waals surface area contributed by atoms with Crippen molar-refractivity contribution in [3.63, 3.8) is 0 Å². The normalized spacial score (nSPS) is 29.8. The molecular formula is C14H14N2O4S. The number of amides is 1. The average Bonchev–Trinajstić information content (AvgIpc) is 2.91. The van der Waals surface area contributed by atoms with Crippen molar-refractivity contribution in [3.05, 3.63) is 24.3 Å². The second kappa shape index (κ2) is 5.07. The van der Waals surface area contributed by atoms with Crippen LogP contribution in [0.1, 0.15) is 13.3 Å². The number of nitrogens with zero attached hydrogens (tertiary/aromatic N) is 1. The molecule has 2 aliphatic rings. The van der Waals surface area contributed by atoms with Gasteiger partial charge in [0.15, 0.2) is 5.17 Å². The van der Waals surface area contributed by atoms with E-state index >= 15 is 0 Å². The Morgan fingerprint density at radius 1 is 1.43 bits per heavy atom. The molecular weight excluding hydrogens is 292 g/mol. The van der Waals surface area contributed by atoms with Crippen molar-refractivity contribution in [2.75, 3.05) is 7.11 Å². The molecule has 6 nitrogen and oxygen atoms in total. The van der Waals surface area contributed by atoms with E-state index in [-0.39, 0.29) is 12.0 Å². The summed E-state index contributed by atoms with van der Waals surface area (Å²) in [5.74, 6) is -0.263. The van der Waals surface area contributed by atoms with Crippen LogP contribution in [0.5, 0.6) is 5.75 Å². The molecule has 2 saturated heterocycles. The molecule has 1 spiro atoms. The minimum absolute atomic E-state index is 0.263. The highest BCUT2D eigenvalue weighted by Gasteiger charge is 2.59. The van der Waals surface area contributed by atoms with Gasteiger partial charge in [-0.2, -0.15) is 0 Å². The van der Waals surface area contributed by atoms with Crippen LogP contribution in [0, 0.1) is 0 Å². The van der Waals surface area contributed by atoms with Gasteiger partial charge in [0.05, 0.1) is 7.11 Å². The van der Waals surface area contributed by atoms with Crippen molar-refractivity contribution < 1.29 is 19.1 Å². The standard InChI is InChI=1S/C14H14N2O4S/c1-8-7-14(12(18)20-8)11(17)16-13(21-14)15-9-5-3-4-6-10(9)19-2/h3-6,8H,7H2,1-2H3,(H,15,16,17)/t8-,14+/m0/s1. The number of hydrogen-bond donors (Lipinski definition) is 1. The molecule has 2 heterocycles. The number of ether oxygens (including phenoxy) is 2. The van der Waals surface area contributed by atoms with E-state index in [0.29, 0.717) is 23.0 Å². The van der Waals surface area contributed by atoms with Crippen LogP contribution in [0.15, 0.2) is 29.3 Å². The van der Waals surface area contributed by atoms with Crippen molar-refractivity contribution in [1.82, 2.24) is 5.32 Å². The summed E-state index contributed by atoms with van der Waals surface area (Å²) in [6, 6.07) is 7.22. The van der Waals surface area contributed by atoms with Gasteiger partial charge in [-0.05, 0) is 19.1 Å². The van der Waals surface area contributed by atoms with E-state index in [4.69, 9.17) is 9.47 Å². The Hall–Kier alpha value is -2.02. The molecule has 1 N–H and O–H groups in total. The van der Waals surface area contributed by atoms with Crippen LogP contribution in [-0.4, -0.2) is 35.0 Å². The van der Waals surface area contributed by atoms with E-state index < -0.39 is 10.7 Å². The molecule has 0 saturated carbocycles. The molecule has 3 rings (SSSR count). The summed E-state index contributed by atoms with van der Waals surface area (Å²) in [5, 5.41) is 3.04. The van der Waals surface area contributed by atoms with Crippen LogP contribution >= 0.6 is 11.8 Å². The van der Waals surface area contributed by atoms with Gasteiger partial charge < -0.3 is 14.8 Å². The molecule has 1 aromatic carbocycles. The number of rotatable bonds is 2. The molecule has 0 aliphatic carbocycles. The van der Waals surface area contributed by atoms with Gasteiger partial charge in [0.25, 0.3) is 5.91 Å². The number of carbonyl (C=O) groups excluding carboxylic acids is 2. The monoisotopic (exact) mass is 306 g/mol. The first kappa shape index (κ1) is 13.9. The van der Waals surface area contributed by atoms with Gasteiger partial charge in [0, 0.05) is 6.42 Å². The van der Waals surface area contributed by atoms with Crippen LogP contribution in [0.2, 0.25) is 0 Å². The third-order valence-electron chi connectivity index (χ3n) is 3.38. The molecule has 21 heavy (non-hydrogen) atoms. The zero-order chi connectivity index (χ0) is 15.0. The number of para-hydroxylation sites is 2. The number of thioether (sulfide) groups is 1. The summed E-state index contributed by atoms with van der Waals surface area (Å²) >= 11 is 1.11. The predicted octanol–water partition coefficient (Wildman–Crippen LogP) is 1.62. The minimum Gasteiger partial charge on any atom is -0.494 e. The number of nitrogens with one attached hydrogen (secondary N) is 1. The predicted molar refractivity (Wildman–Crippen MR) is 78.7 cm³/mol. The second-order valence-corrected chi connectivity index (χ2v) is 6.18. The van der Waals surface area contributed by atoms with E-state index in [0.717, 1.165) is 11.8 Å². The van der Waals surface area contributed by atoms with Crippen molar-refractivity contribution in [2.45, 2.75) is 24.2 Å². The van der Waals surface area contributed by atoms with Crippen LogP contribution in [-0.2, 0) is 14.3 Å². The third kappa shape index (κ3) is 2.27. The number of amidine groups is 1. The summed E-state index contributed by atoms with van der Waals surface area (Å²) in [6.45, 7) is 1.77. The highest BCUT2D eigenvalue weighted by Crippen LogP contribution is 2.43. The molecule has 0 radical (unpaired) electrons. The summed E-state index contributed by atoms with van der Waals surface area (Å²) < 4.78 is 9.14. The number of methoxy groups -OCH3 is 1. The van der Waals surface area contributed by atoms with Crippen molar-refractivity contribution in [3.8, 4) is 5.75 Å². The summed E-state index contributed by atoms with van der Waals surface area (Å²) in [4.78, 5) is 28.5. The second-order valence-electron chi connectivity index (χ2n) is 4.89. The van der Waals surface area contributed by atoms with Gasteiger partial charge in [-0.1, -0.05) is 23.9 Å². The maximum atomic E-state index is 12.2. The lowest BCUT2D eigenvalue weighted by molar-refractivity contribution is -0.144. The zero-order valence-corrected chi connectivity index (χ0v) is 12.4. The smallest absolute Gasteiger partial charge is 0.332 e. The van der Waals surface area contributed by atoms with E-state index in [2.05, 4.69) is 10.3 Å². The number of benzene rings is 1. The van der Waals surface area contributed by atoms with Gasteiger partial charge in [0.1, 0.15) is 17.5 Å². The first-order valence-corrected chi connectivity index (χ1v) is 7.30. The molecule has 0 bridgehead atoms. The van der Waals surface area contributed by atoms with E-state index in [1.807, 2.05) is 12.1 Å². The highest BCUT2D eigenvalue weighted by molar-refractivity contribution is 8.17. The first-order chi connectivity index (χ1) is 10.0. The van der Waals surface area contributed by atoms with Crippen LogP contribution < -0.4 is 10.1 Å². The van der Waals surface area contributed by atoms with Crippen LogP contribution in [0.4, 0.5) is 5.69 Å². The third-order valence-corrected chi connectivity index (χ3v) is 4.63. The topological polar surface area (TPSA) is 77.0 Å².